The number of carbonyl (C=O) groups is 1. The highest BCUT2D eigenvalue weighted by Gasteiger charge is 2.25. The minimum atomic E-state index is -0.0989. The zero-order chi connectivity index (χ0) is 18.8. The highest BCUT2D eigenvalue weighted by Crippen LogP contribution is 2.36. The van der Waals surface area contributed by atoms with E-state index in [-0.39, 0.29) is 5.91 Å². The summed E-state index contributed by atoms with van der Waals surface area (Å²) in [4.78, 5) is 25.6. The number of nitrogens with zero attached hydrogens (tertiary/aromatic N) is 3. The summed E-state index contributed by atoms with van der Waals surface area (Å²) < 4.78 is 5.29. The Morgan fingerprint density at radius 2 is 2.15 bits per heavy atom. The van der Waals surface area contributed by atoms with Gasteiger partial charge in [-0.2, -0.15) is 0 Å². The molecule has 0 aliphatic heterocycles. The third-order valence-corrected chi connectivity index (χ3v) is 6.57. The van der Waals surface area contributed by atoms with E-state index in [1.165, 1.54) is 43.4 Å². The van der Waals surface area contributed by atoms with Crippen LogP contribution in [0.3, 0.4) is 0 Å². The molecule has 6 nitrogen and oxygen atoms in total. The van der Waals surface area contributed by atoms with Gasteiger partial charge < -0.3 is 14.6 Å². The molecule has 0 aromatic carbocycles. The topological polar surface area (TPSA) is 71.3 Å². The lowest BCUT2D eigenvalue weighted by Crippen LogP contribution is -2.34. The molecule has 1 saturated carbocycles. The Morgan fingerprint density at radius 3 is 2.89 bits per heavy atom. The molecule has 7 heteroatoms. The summed E-state index contributed by atoms with van der Waals surface area (Å²) in [5, 5.41) is 3.93. The number of nitrogens with one attached hydrogen (secondary N) is 1. The van der Waals surface area contributed by atoms with E-state index >= 15 is 0 Å². The van der Waals surface area contributed by atoms with Crippen molar-refractivity contribution in [2.45, 2.75) is 51.6 Å². The average molecular weight is 385 g/mol. The molecule has 0 spiro atoms. The van der Waals surface area contributed by atoms with Gasteiger partial charge in [0.05, 0.1) is 23.1 Å². The number of carbonyl (C=O) groups excluding carboxylic acids is 1. The van der Waals surface area contributed by atoms with E-state index in [4.69, 9.17) is 4.42 Å². The van der Waals surface area contributed by atoms with Crippen LogP contribution in [0.1, 0.15) is 53.1 Å². The van der Waals surface area contributed by atoms with Crippen LogP contribution in [0.5, 0.6) is 0 Å². The second-order valence-electron chi connectivity index (χ2n) is 7.10. The molecule has 0 bridgehead atoms. The molecule has 3 aromatic heterocycles. The molecule has 3 aromatic rings. The zero-order valence-corrected chi connectivity index (χ0v) is 16.5. The van der Waals surface area contributed by atoms with Crippen LogP contribution < -0.4 is 10.2 Å². The lowest BCUT2D eigenvalue weighted by Gasteiger charge is -2.32. The fourth-order valence-electron chi connectivity index (χ4n) is 3.84. The van der Waals surface area contributed by atoms with Crippen molar-refractivity contribution < 1.29 is 9.21 Å². The lowest BCUT2D eigenvalue weighted by molar-refractivity contribution is 0.0951. The van der Waals surface area contributed by atoms with Crippen molar-refractivity contribution in [1.82, 2.24) is 15.3 Å². The number of rotatable bonds is 5. The standard InChI is InChI=1S/C20H24N4O2S/c1-13-16-18(24(2)14-7-4-3-5-8-14)22-12-23-20(16)27-17(13)19(25)21-11-15-9-6-10-26-15/h6,9-10,12,14H,3-5,7-8,11H2,1-2H3,(H,21,25). The predicted octanol–water partition coefficient (Wildman–Crippen LogP) is 4.29. The van der Waals surface area contributed by atoms with Gasteiger partial charge in [0.1, 0.15) is 22.7 Å². The summed E-state index contributed by atoms with van der Waals surface area (Å²) in [7, 11) is 2.12. The van der Waals surface area contributed by atoms with Gasteiger partial charge in [-0.25, -0.2) is 9.97 Å². The Kier molecular flexibility index (Phi) is 5.11. The van der Waals surface area contributed by atoms with Crippen LogP contribution in [-0.4, -0.2) is 29.0 Å². The van der Waals surface area contributed by atoms with E-state index in [0.717, 1.165) is 27.4 Å². The summed E-state index contributed by atoms with van der Waals surface area (Å²) in [6.07, 6.45) is 9.47. The van der Waals surface area contributed by atoms with Gasteiger partial charge in [0.25, 0.3) is 5.91 Å². The van der Waals surface area contributed by atoms with Crippen LogP contribution in [-0.2, 0) is 6.54 Å². The lowest BCUT2D eigenvalue weighted by atomic mass is 9.94. The quantitative estimate of drug-likeness (QED) is 0.710. The van der Waals surface area contributed by atoms with E-state index in [9.17, 15) is 4.79 Å². The van der Waals surface area contributed by atoms with Gasteiger partial charge in [-0.3, -0.25) is 4.79 Å². The van der Waals surface area contributed by atoms with Gasteiger partial charge in [-0.15, -0.1) is 11.3 Å². The van der Waals surface area contributed by atoms with Crippen molar-refractivity contribution >= 4 is 33.3 Å². The number of fused-ring (bicyclic) bond motifs is 1. The maximum Gasteiger partial charge on any atom is 0.262 e. The van der Waals surface area contributed by atoms with Gasteiger partial charge in [0, 0.05) is 13.1 Å². The number of anilines is 1. The summed E-state index contributed by atoms with van der Waals surface area (Å²) in [5.74, 6) is 1.57. The van der Waals surface area contributed by atoms with Crippen molar-refractivity contribution in [2.24, 2.45) is 0 Å². The normalized spacial score (nSPS) is 15.2. The molecule has 0 radical (unpaired) electrons. The minimum Gasteiger partial charge on any atom is -0.467 e. The Bertz CT molecular complexity index is 929. The number of hydrogen-bond donors (Lipinski definition) is 1. The van der Waals surface area contributed by atoms with Crippen molar-refractivity contribution in [3.05, 3.63) is 40.9 Å². The van der Waals surface area contributed by atoms with Gasteiger partial charge in [-0.05, 0) is 37.5 Å². The second-order valence-corrected chi connectivity index (χ2v) is 8.10. The Labute approximate surface area is 162 Å². The molecular formula is C20H24N4O2S. The van der Waals surface area contributed by atoms with Crippen molar-refractivity contribution in [3.8, 4) is 0 Å². The highest BCUT2D eigenvalue weighted by molar-refractivity contribution is 7.20. The van der Waals surface area contributed by atoms with Gasteiger partial charge >= 0.3 is 0 Å². The van der Waals surface area contributed by atoms with Crippen molar-refractivity contribution in [2.75, 3.05) is 11.9 Å². The van der Waals surface area contributed by atoms with E-state index in [1.54, 1.807) is 12.6 Å². The van der Waals surface area contributed by atoms with Gasteiger partial charge in [0.2, 0.25) is 0 Å². The van der Waals surface area contributed by atoms with E-state index in [0.29, 0.717) is 17.5 Å². The first kappa shape index (κ1) is 18.0. The Balaban J connectivity index is 1.62. The molecular weight excluding hydrogens is 360 g/mol. The molecule has 142 valence electrons. The number of amides is 1. The maximum atomic E-state index is 12.7. The molecule has 3 heterocycles. The number of furan rings is 1. The Hall–Kier alpha value is -2.41. The molecule has 0 atom stereocenters. The van der Waals surface area contributed by atoms with Gasteiger partial charge in [0.15, 0.2) is 0 Å². The van der Waals surface area contributed by atoms with E-state index in [1.807, 2.05) is 19.1 Å². The molecule has 1 fully saturated rings. The average Bonchev–Trinajstić information content (AvgIpc) is 3.34. The smallest absolute Gasteiger partial charge is 0.262 e. The summed E-state index contributed by atoms with van der Waals surface area (Å²) in [5.41, 5.74) is 0.949. The fourth-order valence-corrected chi connectivity index (χ4v) is 4.90. The highest BCUT2D eigenvalue weighted by atomic mass is 32.1. The summed E-state index contributed by atoms with van der Waals surface area (Å²) in [6.45, 7) is 2.36. The third kappa shape index (κ3) is 3.56. The van der Waals surface area contributed by atoms with Gasteiger partial charge in [-0.1, -0.05) is 19.3 Å². The fraction of sp³-hybridized carbons (Fsp3) is 0.450. The van der Waals surface area contributed by atoms with E-state index < -0.39 is 0 Å². The first-order chi connectivity index (χ1) is 13.1. The third-order valence-electron chi connectivity index (χ3n) is 5.37. The number of hydrogen-bond acceptors (Lipinski definition) is 6. The van der Waals surface area contributed by atoms with Crippen molar-refractivity contribution in [3.63, 3.8) is 0 Å². The van der Waals surface area contributed by atoms with Crippen LogP contribution in [0.25, 0.3) is 10.2 Å². The van der Waals surface area contributed by atoms with Crippen LogP contribution in [0, 0.1) is 6.92 Å². The molecule has 1 N–H and O–H groups in total. The van der Waals surface area contributed by atoms with Crippen LogP contribution in [0.4, 0.5) is 5.82 Å². The molecule has 0 unspecified atom stereocenters. The predicted molar refractivity (Wildman–Crippen MR) is 107 cm³/mol. The number of aryl methyl sites for hydroxylation is 1. The van der Waals surface area contributed by atoms with Crippen molar-refractivity contribution in [1.29, 1.82) is 0 Å². The summed E-state index contributed by atoms with van der Waals surface area (Å²) >= 11 is 1.43. The minimum absolute atomic E-state index is 0.0989. The van der Waals surface area contributed by atoms with Crippen LogP contribution >= 0.6 is 11.3 Å². The molecule has 0 saturated heterocycles. The molecule has 1 aliphatic carbocycles. The second kappa shape index (κ2) is 7.68. The number of thiophene rings is 1. The monoisotopic (exact) mass is 384 g/mol. The first-order valence-corrected chi connectivity index (χ1v) is 10.2. The first-order valence-electron chi connectivity index (χ1n) is 9.42. The Morgan fingerprint density at radius 1 is 1.33 bits per heavy atom. The van der Waals surface area contributed by atoms with Crippen LogP contribution in [0.2, 0.25) is 0 Å². The largest absolute Gasteiger partial charge is 0.467 e. The zero-order valence-electron chi connectivity index (χ0n) is 15.7. The molecule has 1 aliphatic rings. The maximum absolute atomic E-state index is 12.7. The number of aromatic nitrogens is 2. The SMILES string of the molecule is Cc1c(C(=O)NCc2ccco2)sc2ncnc(N(C)C3CCCCC3)c12. The van der Waals surface area contributed by atoms with Crippen LogP contribution in [0.15, 0.2) is 29.1 Å². The molecule has 1 amide bonds. The summed E-state index contributed by atoms with van der Waals surface area (Å²) in [6, 6.07) is 4.17. The van der Waals surface area contributed by atoms with E-state index in [2.05, 4.69) is 27.2 Å². The molecule has 4 rings (SSSR count). The molecule has 27 heavy (non-hydrogen) atoms.